The van der Waals surface area contributed by atoms with Crippen molar-refractivity contribution in [2.45, 2.75) is 24.9 Å². The van der Waals surface area contributed by atoms with Crippen LogP contribution in [-0.4, -0.2) is 5.67 Å². The minimum atomic E-state index is -0.867. The Morgan fingerprint density at radius 1 is 1.25 bits per heavy atom. The Morgan fingerprint density at radius 3 is 2.33 bits per heavy atom. The molecule has 0 aromatic heterocycles. The van der Waals surface area contributed by atoms with Crippen molar-refractivity contribution in [1.29, 1.82) is 0 Å². The van der Waals surface area contributed by atoms with Crippen molar-refractivity contribution in [3.63, 3.8) is 0 Å². The lowest BCUT2D eigenvalue weighted by Gasteiger charge is -2.04. The fraction of sp³-hybridized carbons (Fsp3) is 0.400. The van der Waals surface area contributed by atoms with Gasteiger partial charge >= 0.3 is 0 Å². The molecule has 1 aliphatic rings. The molecule has 0 heterocycles. The predicted octanol–water partition coefficient (Wildman–Crippen LogP) is 3.49. The van der Waals surface area contributed by atoms with Crippen LogP contribution >= 0.6 is 15.9 Å². The summed E-state index contributed by atoms with van der Waals surface area (Å²) in [6, 6.07) is 7.87. The third-order valence-electron chi connectivity index (χ3n) is 2.23. The second-order valence-corrected chi connectivity index (χ2v) is 4.37. The molecule has 2 heteroatoms. The van der Waals surface area contributed by atoms with E-state index in [1.54, 1.807) is 0 Å². The normalized spacial score (nSPS) is 19.2. The molecule has 0 aliphatic heterocycles. The second-order valence-electron chi connectivity index (χ2n) is 3.45. The monoisotopic (exact) mass is 228 g/mol. The van der Waals surface area contributed by atoms with Gasteiger partial charge in [-0.3, -0.25) is 0 Å². The summed E-state index contributed by atoms with van der Waals surface area (Å²) in [7, 11) is 0. The van der Waals surface area contributed by atoms with Crippen LogP contribution in [0.25, 0.3) is 0 Å². The van der Waals surface area contributed by atoms with E-state index in [1.165, 1.54) is 0 Å². The largest absolute Gasteiger partial charge is 0.244 e. The van der Waals surface area contributed by atoms with Gasteiger partial charge in [0.25, 0.3) is 0 Å². The van der Waals surface area contributed by atoms with Crippen LogP contribution in [0.5, 0.6) is 0 Å². The molecule has 0 N–H and O–H groups in total. The Balaban J connectivity index is 2.08. The molecule has 1 saturated carbocycles. The maximum Gasteiger partial charge on any atom is 0.115 e. The van der Waals surface area contributed by atoms with Crippen LogP contribution in [-0.2, 0) is 6.42 Å². The number of hydrogen-bond acceptors (Lipinski definition) is 0. The number of alkyl halides is 1. The van der Waals surface area contributed by atoms with E-state index in [2.05, 4.69) is 15.9 Å². The molecule has 1 aliphatic carbocycles. The Morgan fingerprint density at radius 2 is 1.83 bits per heavy atom. The van der Waals surface area contributed by atoms with E-state index >= 15 is 0 Å². The molecule has 0 radical (unpaired) electrons. The van der Waals surface area contributed by atoms with Crippen molar-refractivity contribution >= 4 is 15.9 Å². The van der Waals surface area contributed by atoms with Crippen molar-refractivity contribution in [3.8, 4) is 0 Å². The highest BCUT2D eigenvalue weighted by atomic mass is 79.9. The van der Waals surface area contributed by atoms with Crippen LogP contribution in [0.15, 0.2) is 28.7 Å². The number of halogens is 2. The molecule has 12 heavy (non-hydrogen) atoms. The van der Waals surface area contributed by atoms with Gasteiger partial charge in [0.05, 0.1) is 0 Å². The Labute approximate surface area is 79.9 Å². The van der Waals surface area contributed by atoms with Crippen LogP contribution < -0.4 is 0 Å². The first-order valence-corrected chi connectivity index (χ1v) is 4.91. The molecule has 1 aromatic rings. The van der Waals surface area contributed by atoms with Crippen LogP contribution in [0.3, 0.4) is 0 Å². The minimum absolute atomic E-state index is 0.584. The second kappa shape index (κ2) is 2.84. The standard InChI is InChI=1S/C10H10BrF/c11-9-3-1-8(2-4-9)7-10(12)5-6-10/h1-4H,5-7H2. The quantitative estimate of drug-likeness (QED) is 0.728. The summed E-state index contributed by atoms with van der Waals surface area (Å²) in [5, 5.41) is 0. The average Bonchev–Trinajstić information content (AvgIpc) is 2.74. The zero-order chi connectivity index (χ0) is 8.60. The summed E-state index contributed by atoms with van der Waals surface area (Å²) < 4.78 is 14.3. The summed E-state index contributed by atoms with van der Waals surface area (Å²) in [6.07, 6.45) is 2.06. The van der Waals surface area contributed by atoms with Gasteiger partial charge in [-0.2, -0.15) is 0 Å². The smallest absolute Gasteiger partial charge is 0.115 e. The number of rotatable bonds is 2. The molecule has 1 aromatic carbocycles. The SMILES string of the molecule is FC1(Cc2ccc(Br)cc2)CC1. The van der Waals surface area contributed by atoms with Gasteiger partial charge in [0.15, 0.2) is 0 Å². The van der Waals surface area contributed by atoms with Crippen molar-refractivity contribution < 1.29 is 4.39 Å². The molecule has 0 spiro atoms. The third-order valence-corrected chi connectivity index (χ3v) is 2.76. The molecular weight excluding hydrogens is 219 g/mol. The maximum atomic E-state index is 13.3. The topological polar surface area (TPSA) is 0 Å². The van der Waals surface area contributed by atoms with Crippen molar-refractivity contribution in [3.05, 3.63) is 34.3 Å². The molecule has 0 nitrogen and oxygen atoms in total. The molecule has 0 bridgehead atoms. The molecule has 0 amide bonds. The molecule has 0 unspecified atom stereocenters. The third kappa shape index (κ3) is 1.86. The lowest BCUT2D eigenvalue weighted by Crippen LogP contribution is -2.03. The first kappa shape index (κ1) is 8.24. The summed E-state index contributed by atoms with van der Waals surface area (Å²) in [4.78, 5) is 0. The van der Waals surface area contributed by atoms with Crippen molar-refractivity contribution in [1.82, 2.24) is 0 Å². The lowest BCUT2D eigenvalue weighted by atomic mass is 10.1. The number of benzene rings is 1. The van der Waals surface area contributed by atoms with Crippen LogP contribution in [0.1, 0.15) is 18.4 Å². The Hall–Kier alpha value is -0.370. The van der Waals surface area contributed by atoms with E-state index in [-0.39, 0.29) is 0 Å². The van der Waals surface area contributed by atoms with Crippen LogP contribution in [0.4, 0.5) is 4.39 Å². The Kier molecular flexibility index (Phi) is 1.95. The van der Waals surface area contributed by atoms with Gasteiger partial charge in [-0.1, -0.05) is 28.1 Å². The van der Waals surface area contributed by atoms with E-state index in [9.17, 15) is 4.39 Å². The first-order valence-electron chi connectivity index (χ1n) is 4.11. The predicted molar refractivity (Wildman–Crippen MR) is 50.9 cm³/mol. The van der Waals surface area contributed by atoms with Gasteiger partial charge in [0.2, 0.25) is 0 Å². The summed E-state index contributed by atoms with van der Waals surface area (Å²) >= 11 is 3.35. The van der Waals surface area contributed by atoms with Gasteiger partial charge in [0, 0.05) is 10.9 Å². The fourth-order valence-electron chi connectivity index (χ4n) is 1.28. The van der Waals surface area contributed by atoms with Gasteiger partial charge in [-0.15, -0.1) is 0 Å². The zero-order valence-electron chi connectivity index (χ0n) is 6.69. The highest BCUT2D eigenvalue weighted by Crippen LogP contribution is 2.42. The minimum Gasteiger partial charge on any atom is -0.244 e. The molecule has 2 rings (SSSR count). The Bertz CT molecular complexity index is 274. The lowest BCUT2D eigenvalue weighted by molar-refractivity contribution is 0.308. The molecular formula is C10H10BrF. The molecule has 1 fully saturated rings. The van der Waals surface area contributed by atoms with Crippen molar-refractivity contribution in [2.75, 3.05) is 0 Å². The summed E-state index contributed by atoms with van der Waals surface area (Å²) in [5.41, 5.74) is 0.228. The van der Waals surface area contributed by atoms with E-state index in [0.29, 0.717) is 6.42 Å². The fourth-order valence-corrected chi connectivity index (χ4v) is 1.54. The van der Waals surface area contributed by atoms with Gasteiger partial charge < -0.3 is 0 Å². The van der Waals surface area contributed by atoms with Crippen molar-refractivity contribution in [2.24, 2.45) is 0 Å². The van der Waals surface area contributed by atoms with E-state index in [0.717, 1.165) is 22.9 Å². The van der Waals surface area contributed by atoms with E-state index in [1.807, 2.05) is 24.3 Å². The molecule has 0 saturated heterocycles. The highest BCUT2D eigenvalue weighted by Gasteiger charge is 2.42. The van der Waals surface area contributed by atoms with Crippen LogP contribution in [0, 0.1) is 0 Å². The molecule has 64 valence electrons. The number of hydrogen-bond donors (Lipinski definition) is 0. The van der Waals surface area contributed by atoms with Crippen LogP contribution in [0.2, 0.25) is 0 Å². The van der Waals surface area contributed by atoms with Gasteiger partial charge in [-0.25, -0.2) is 4.39 Å². The highest BCUT2D eigenvalue weighted by molar-refractivity contribution is 9.10. The molecule has 0 atom stereocenters. The zero-order valence-corrected chi connectivity index (χ0v) is 8.27. The average molecular weight is 229 g/mol. The summed E-state index contributed by atoms with van der Waals surface area (Å²) in [5.74, 6) is 0. The summed E-state index contributed by atoms with van der Waals surface area (Å²) in [6.45, 7) is 0. The van der Waals surface area contributed by atoms with E-state index < -0.39 is 5.67 Å². The first-order chi connectivity index (χ1) is 5.68. The maximum absolute atomic E-state index is 13.3. The van der Waals surface area contributed by atoms with Gasteiger partial charge in [0.1, 0.15) is 5.67 Å². The van der Waals surface area contributed by atoms with E-state index in [4.69, 9.17) is 0 Å². The van der Waals surface area contributed by atoms with Gasteiger partial charge in [-0.05, 0) is 30.5 Å².